The number of aromatic nitrogens is 3. The molecule has 0 atom stereocenters. The summed E-state index contributed by atoms with van der Waals surface area (Å²) >= 11 is 0. The lowest BCUT2D eigenvalue weighted by Crippen LogP contribution is -2.38. The number of aliphatic imine (C=N–C) groups is 1. The predicted molar refractivity (Wildman–Crippen MR) is 96.6 cm³/mol. The van der Waals surface area contributed by atoms with E-state index >= 15 is 0 Å². The lowest BCUT2D eigenvalue weighted by molar-refractivity contribution is 0.463. The molecular weight excluding hydrogens is 395 g/mol. The summed E-state index contributed by atoms with van der Waals surface area (Å²) in [5.41, 5.74) is 2.08. The molecule has 0 aromatic carbocycles. The van der Waals surface area contributed by atoms with Crippen molar-refractivity contribution < 1.29 is 4.42 Å². The summed E-state index contributed by atoms with van der Waals surface area (Å²) in [6, 6.07) is 0. The fraction of sp³-hybridized carbons (Fsp3) is 0.500. The quantitative estimate of drug-likeness (QED) is 0.440. The van der Waals surface area contributed by atoms with Crippen molar-refractivity contribution in [2.45, 2.75) is 33.9 Å². The van der Waals surface area contributed by atoms with E-state index in [0.29, 0.717) is 18.4 Å². The molecule has 0 aliphatic carbocycles. The van der Waals surface area contributed by atoms with Crippen LogP contribution in [0.2, 0.25) is 0 Å². The van der Waals surface area contributed by atoms with Crippen LogP contribution < -0.4 is 10.6 Å². The van der Waals surface area contributed by atoms with E-state index in [4.69, 9.17) is 4.42 Å². The molecule has 7 nitrogen and oxygen atoms in total. The van der Waals surface area contributed by atoms with Gasteiger partial charge in [0.25, 0.3) is 0 Å². The van der Waals surface area contributed by atoms with Crippen LogP contribution in [0.25, 0.3) is 0 Å². The molecule has 0 bridgehead atoms. The average Bonchev–Trinajstić information content (AvgIpc) is 3.00. The Hall–Kier alpha value is -1.58. The number of aryl methyl sites for hydroxylation is 3. The van der Waals surface area contributed by atoms with E-state index in [2.05, 4.69) is 25.7 Å². The zero-order chi connectivity index (χ0) is 15.2. The largest absolute Gasteiger partial charge is 0.444 e. The number of nitrogens with zero attached hydrogens (tertiary/aromatic N) is 4. The van der Waals surface area contributed by atoms with Gasteiger partial charge in [0, 0.05) is 19.8 Å². The van der Waals surface area contributed by atoms with Crippen LogP contribution in [0.1, 0.15) is 22.9 Å². The maximum atomic E-state index is 5.52. The van der Waals surface area contributed by atoms with Crippen molar-refractivity contribution >= 4 is 29.9 Å². The molecule has 0 spiro atoms. The van der Waals surface area contributed by atoms with E-state index in [1.54, 1.807) is 7.05 Å². The second-order valence-electron chi connectivity index (χ2n) is 4.88. The molecule has 0 aliphatic heterocycles. The van der Waals surface area contributed by atoms with Gasteiger partial charge < -0.3 is 15.1 Å². The Balaban J connectivity index is 0.00000242. The number of hydrogen-bond acceptors (Lipinski definition) is 4. The van der Waals surface area contributed by atoms with E-state index < -0.39 is 0 Å². The van der Waals surface area contributed by atoms with Crippen molar-refractivity contribution in [1.82, 2.24) is 25.4 Å². The molecule has 0 aliphatic rings. The number of rotatable bonds is 5. The predicted octanol–water partition coefficient (Wildman–Crippen LogP) is 1.78. The summed E-state index contributed by atoms with van der Waals surface area (Å²) in [6.45, 7) is 7.90. The van der Waals surface area contributed by atoms with Crippen molar-refractivity contribution in [3.05, 3.63) is 35.3 Å². The van der Waals surface area contributed by atoms with Gasteiger partial charge in [0.15, 0.2) is 5.96 Å². The summed E-state index contributed by atoms with van der Waals surface area (Å²) < 4.78 is 7.41. The highest BCUT2D eigenvalue weighted by Crippen LogP contribution is 2.07. The zero-order valence-electron chi connectivity index (χ0n) is 13.4. The van der Waals surface area contributed by atoms with Gasteiger partial charge in [-0.3, -0.25) is 9.67 Å². The van der Waals surface area contributed by atoms with Crippen molar-refractivity contribution in [3.8, 4) is 0 Å². The van der Waals surface area contributed by atoms with E-state index in [9.17, 15) is 0 Å². The van der Waals surface area contributed by atoms with Gasteiger partial charge >= 0.3 is 0 Å². The summed E-state index contributed by atoms with van der Waals surface area (Å²) in [5.74, 6) is 2.23. The highest BCUT2D eigenvalue weighted by atomic mass is 127. The van der Waals surface area contributed by atoms with Crippen LogP contribution in [0.4, 0.5) is 0 Å². The van der Waals surface area contributed by atoms with E-state index in [-0.39, 0.29) is 24.0 Å². The third-order valence-electron chi connectivity index (χ3n) is 3.10. The van der Waals surface area contributed by atoms with Gasteiger partial charge in [0.2, 0.25) is 5.89 Å². The van der Waals surface area contributed by atoms with E-state index in [0.717, 1.165) is 30.1 Å². The second-order valence-corrected chi connectivity index (χ2v) is 4.88. The van der Waals surface area contributed by atoms with Crippen molar-refractivity contribution in [3.63, 3.8) is 0 Å². The Morgan fingerprint density at radius 3 is 2.64 bits per heavy atom. The first-order chi connectivity index (χ1) is 10.1. The number of halogens is 1. The van der Waals surface area contributed by atoms with E-state index in [1.807, 2.05) is 37.8 Å². The summed E-state index contributed by atoms with van der Waals surface area (Å²) in [5, 5.41) is 10.6. The number of nitrogens with one attached hydrogen (secondary N) is 2. The smallest absolute Gasteiger partial charge is 0.214 e. The molecule has 22 heavy (non-hydrogen) atoms. The molecule has 122 valence electrons. The average molecular weight is 418 g/mol. The maximum Gasteiger partial charge on any atom is 0.214 e. The molecule has 2 aromatic heterocycles. The fourth-order valence-electron chi connectivity index (χ4n) is 1.87. The normalized spacial score (nSPS) is 11.2. The topological polar surface area (TPSA) is 80.3 Å². The summed E-state index contributed by atoms with van der Waals surface area (Å²) in [4.78, 5) is 8.49. The van der Waals surface area contributed by atoms with Gasteiger partial charge in [-0.1, -0.05) is 0 Å². The molecule has 2 aromatic rings. The molecular formula is C14H23IN6O. The van der Waals surface area contributed by atoms with Gasteiger partial charge in [-0.05, 0) is 26.3 Å². The zero-order valence-corrected chi connectivity index (χ0v) is 15.7. The van der Waals surface area contributed by atoms with Crippen LogP contribution in [-0.4, -0.2) is 34.3 Å². The molecule has 2 heterocycles. The Kier molecular flexibility index (Phi) is 7.36. The Morgan fingerprint density at radius 1 is 1.32 bits per heavy atom. The minimum Gasteiger partial charge on any atom is -0.444 e. The van der Waals surface area contributed by atoms with Gasteiger partial charge in [0.1, 0.15) is 5.76 Å². The monoisotopic (exact) mass is 418 g/mol. The maximum absolute atomic E-state index is 5.52. The molecule has 2 N–H and O–H groups in total. The molecule has 0 radical (unpaired) electrons. The van der Waals surface area contributed by atoms with Gasteiger partial charge in [0.05, 0.1) is 25.0 Å². The van der Waals surface area contributed by atoms with Crippen LogP contribution in [0, 0.1) is 20.8 Å². The van der Waals surface area contributed by atoms with Gasteiger partial charge in [-0.2, -0.15) is 5.10 Å². The lowest BCUT2D eigenvalue weighted by Gasteiger charge is -2.10. The Morgan fingerprint density at radius 2 is 2.09 bits per heavy atom. The first kappa shape index (κ1) is 18.5. The molecule has 8 heteroatoms. The van der Waals surface area contributed by atoms with Crippen molar-refractivity contribution in [2.24, 2.45) is 4.99 Å². The molecule has 0 amide bonds. The number of hydrogen-bond donors (Lipinski definition) is 2. The van der Waals surface area contributed by atoms with E-state index in [1.165, 1.54) is 0 Å². The SMILES string of the molecule is CN=C(NCCn1cc(C)cn1)NCc1nc(C)c(C)o1.I. The molecule has 0 saturated heterocycles. The third-order valence-corrected chi connectivity index (χ3v) is 3.10. The Bertz CT molecular complexity index is 599. The van der Waals surface area contributed by atoms with Crippen LogP contribution in [0.15, 0.2) is 21.8 Å². The van der Waals surface area contributed by atoms with Gasteiger partial charge in [-0.25, -0.2) is 4.98 Å². The summed E-state index contributed by atoms with van der Waals surface area (Å²) in [6.07, 6.45) is 3.86. The van der Waals surface area contributed by atoms with Crippen molar-refractivity contribution in [1.29, 1.82) is 0 Å². The molecule has 0 unspecified atom stereocenters. The Labute approximate surface area is 147 Å². The van der Waals surface area contributed by atoms with Crippen LogP contribution in [0.5, 0.6) is 0 Å². The van der Waals surface area contributed by atoms with Crippen LogP contribution in [0.3, 0.4) is 0 Å². The fourth-order valence-corrected chi connectivity index (χ4v) is 1.87. The molecule has 0 saturated carbocycles. The standard InChI is InChI=1S/C14H22N6O.HI/c1-10-7-18-20(9-10)6-5-16-14(15-4)17-8-13-19-11(2)12(3)21-13;/h7,9H,5-6,8H2,1-4H3,(H2,15,16,17);1H. The first-order valence-electron chi connectivity index (χ1n) is 6.95. The minimum absolute atomic E-state index is 0. The minimum atomic E-state index is 0. The first-order valence-corrected chi connectivity index (χ1v) is 6.95. The highest BCUT2D eigenvalue weighted by molar-refractivity contribution is 14.0. The molecule has 0 fully saturated rings. The lowest BCUT2D eigenvalue weighted by atomic mass is 10.4. The third kappa shape index (κ3) is 5.32. The summed E-state index contributed by atoms with van der Waals surface area (Å²) in [7, 11) is 1.74. The van der Waals surface area contributed by atoms with Crippen molar-refractivity contribution in [2.75, 3.05) is 13.6 Å². The highest BCUT2D eigenvalue weighted by Gasteiger charge is 2.06. The number of guanidine groups is 1. The van der Waals surface area contributed by atoms with Crippen LogP contribution >= 0.6 is 24.0 Å². The van der Waals surface area contributed by atoms with Crippen LogP contribution in [-0.2, 0) is 13.1 Å². The second kappa shape index (κ2) is 8.76. The number of oxazole rings is 1. The molecule has 2 rings (SSSR count). The van der Waals surface area contributed by atoms with Gasteiger partial charge in [-0.15, -0.1) is 24.0 Å².